The summed E-state index contributed by atoms with van der Waals surface area (Å²) in [7, 11) is -1.91. The van der Waals surface area contributed by atoms with E-state index in [1.54, 1.807) is 0 Å². The summed E-state index contributed by atoms with van der Waals surface area (Å²) in [5, 5.41) is 11.8. The van der Waals surface area contributed by atoms with Crippen molar-refractivity contribution in [2.24, 2.45) is 11.3 Å². The van der Waals surface area contributed by atoms with Crippen molar-refractivity contribution in [1.82, 2.24) is 0 Å². The van der Waals surface area contributed by atoms with Gasteiger partial charge < -0.3 is 19.0 Å². The Labute approximate surface area is 171 Å². The van der Waals surface area contributed by atoms with Crippen molar-refractivity contribution in [1.29, 1.82) is 0 Å². The van der Waals surface area contributed by atoms with Crippen molar-refractivity contribution in [3.05, 3.63) is 0 Å². The van der Waals surface area contributed by atoms with Crippen LogP contribution < -0.4 is 0 Å². The standard InChI is InChI=1S/C22H40O5Si/c1-19(2,3)28(6,7)27-18-9-8-16-20(18,4)11-10-17(23)22(16,24)13-12-21(5)25-14-15-26-21/h16,18,24H,8-15H2,1-7H3/t16-,18+,20+,22?/m1/s1. The highest BCUT2D eigenvalue weighted by Gasteiger charge is 2.62. The molecule has 3 aliphatic rings. The molecule has 4 atom stereocenters. The van der Waals surface area contributed by atoms with Crippen LogP contribution in [-0.4, -0.2) is 49.9 Å². The Morgan fingerprint density at radius 1 is 1.14 bits per heavy atom. The van der Waals surface area contributed by atoms with Gasteiger partial charge in [-0.15, -0.1) is 0 Å². The third-order valence-corrected chi connectivity index (χ3v) is 12.8. The largest absolute Gasteiger partial charge is 0.413 e. The lowest BCUT2D eigenvalue weighted by Gasteiger charge is -2.51. The van der Waals surface area contributed by atoms with Crippen molar-refractivity contribution in [3.8, 4) is 0 Å². The third kappa shape index (κ3) is 3.75. The van der Waals surface area contributed by atoms with E-state index in [2.05, 4.69) is 40.8 Å². The summed E-state index contributed by atoms with van der Waals surface area (Å²) in [5.74, 6) is -0.745. The van der Waals surface area contributed by atoms with Crippen LogP contribution in [0.2, 0.25) is 18.1 Å². The van der Waals surface area contributed by atoms with E-state index in [1.807, 2.05) is 6.92 Å². The number of fused-ring (bicyclic) bond motifs is 1. The summed E-state index contributed by atoms with van der Waals surface area (Å²) < 4.78 is 18.2. The lowest BCUT2D eigenvalue weighted by molar-refractivity contribution is -0.180. The summed E-state index contributed by atoms with van der Waals surface area (Å²) in [4.78, 5) is 12.9. The second kappa shape index (κ2) is 7.15. The summed E-state index contributed by atoms with van der Waals surface area (Å²) in [6, 6.07) is 0. The molecule has 0 aromatic carbocycles. The Hall–Kier alpha value is -0.273. The fourth-order valence-electron chi connectivity index (χ4n) is 5.27. The van der Waals surface area contributed by atoms with Gasteiger partial charge in [0.15, 0.2) is 19.9 Å². The van der Waals surface area contributed by atoms with E-state index in [0.29, 0.717) is 32.5 Å². The van der Waals surface area contributed by atoms with Gasteiger partial charge in [0.1, 0.15) is 5.60 Å². The van der Waals surface area contributed by atoms with E-state index in [4.69, 9.17) is 13.9 Å². The molecule has 1 heterocycles. The van der Waals surface area contributed by atoms with Gasteiger partial charge in [-0.05, 0) is 56.2 Å². The van der Waals surface area contributed by atoms with Crippen molar-refractivity contribution in [2.45, 2.75) is 109 Å². The van der Waals surface area contributed by atoms with Crippen LogP contribution in [0.1, 0.15) is 73.1 Å². The maximum Gasteiger partial charge on any atom is 0.192 e. The first kappa shape index (κ1) is 22.4. The van der Waals surface area contributed by atoms with Crippen molar-refractivity contribution < 1.29 is 23.8 Å². The molecule has 28 heavy (non-hydrogen) atoms. The number of rotatable bonds is 5. The zero-order chi connectivity index (χ0) is 21.0. The topological polar surface area (TPSA) is 65.0 Å². The number of aliphatic hydroxyl groups is 1. The molecule has 0 bridgehead atoms. The molecule has 1 aliphatic heterocycles. The normalized spacial score (nSPS) is 38.6. The summed E-state index contributed by atoms with van der Waals surface area (Å²) in [5.41, 5.74) is -1.45. The van der Waals surface area contributed by atoms with Gasteiger partial charge in [0.2, 0.25) is 0 Å². The number of Topliss-reactive ketones (excluding diaryl/α,β-unsaturated/α-hetero) is 1. The molecule has 0 radical (unpaired) electrons. The molecule has 3 fully saturated rings. The average molecular weight is 413 g/mol. The molecule has 1 saturated heterocycles. The van der Waals surface area contributed by atoms with Crippen LogP contribution >= 0.6 is 0 Å². The minimum Gasteiger partial charge on any atom is -0.413 e. The number of ether oxygens (including phenoxy) is 2. The second-order valence-corrected chi connectivity index (χ2v) is 15.9. The number of ketones is 1. The van der Waals surface area contributed by atoms with E-state index >= 15 is 0 Å². The number of hydrogen-bond donors (Lipinski definition) is 1. The Morgan fingerprint density at radius 3 is 2.32 bits per heavy atom. The van der Waals surface area contributed by atoms with Crippen LogP contribution in [0.3, 0.4) is 0 Å². The minimum absolute atomic E-state index is 0.00968. The lowest BCUT2D eigenvalue weighted by Crippen LogP contribution is -2.58. The Balaban J connectivity index is 1.79. The van der Waals surface area contributed by atoms with E-state index < -0.39 is 19.7 Å². The molecule has 1 unspecified atom stereocenters. The second-order valence-electron chi connectivity index (χ2n) is 11.2. The van der Waals surface area contributed by atoms with Crippen LogP contribution in [0.15, 0.2) is 0 Å². The summed E-state index contributed by atoms with van der Waals surface area (Å²) in [6.45, 7) is 16.7. The quantitative estimate of drug-likeness (QED) is 0.677. The van der Waals surface area contributed by atoms with Gasteiger partial charge >= 0.3 is 0 Å². The average Bonchev–Trinajstić information content (AvgIpc) is 3.14. The number of carbonyl (C=O) groups excluding carboxylic acids is 1. The van der Waals surface area contributed by atoms with Crippen molar-refractivity contribution in [3.63, 3.8) is 0 Å². The fourth-order valence-corrected chi connectivity index (χ4v) is 6.73. The maximum absolute atomic E-state index is 12.9. The smallest absolute Gasteiger partial charge is 0.192 e. The monoisotopic (exact) mass is 412 g/mol. The molecule has 2 aliphatic carbocycles. The fraction of sp³-hybridized carbons (Fsp3) is 0.955. The van der Waals surface area contributed by atoms with E-state index in [1.165, 1.54) is 0 Å². The van der Waals surface area contributed by atoms with Gasteiger partial charge in [-0.1, -0.05) is 27.7 Å². The van der Waals surface area contributed by atoms with Crippen LogP contribution in [0.4, 0.5) is 0 Å². The van der Waals surface area contributed by atoms with Gasteiger partial charge in [-0.25, -0.2) is 0 Å². The highest BCUT2D eigenvalue weighted by Crippen LogP contribution is 2.58. The van der Waals surface area contributed by atoms with E-state index in [-0.39, 0.29) is 28.3 Å². The van der Waals surface area contributed by atoms with Gasteiger partial charge in [0.25, 0.3) is 0 Å². The molecule has 0 amide bonds. The zero-order valence-electron chi connectivity index (χ0n) is 18.9. The van der Waals surface area contributed by atoms with Gasteiger partial charge in [-0.3, -0.25) is 4.79 Å². The zero-order valence-corrected chi connectivity index (χ0v) is 19.9. The molecule has 162 valence electrons. The first-order chi connectivity index (χ1) is 12.7. The summed E-state index contributed by atoms with van der Waals surface area (Å²) >= 11 is 0. The van der Waals surface area contributed by atoms with Crippen molar-refractivity contribution in [2.75, 3.05) is 13.2 Å². The predicted molar refractivity (Wildman–Crippen MR) is 112 cm³/mol. The molecule has 1 N–H and O–H groups in total. The molecule has 0 aromatic heterocycles. The lowest BCUT2D eigenvalue weighted by atomic mass is 9.59. The molecule has 5 nitrogen and oxygen atoms in total. The van der Waals surface area contributed by atoms with Crippen LogP contribution in [0.25, 0.3) is 0 Å². The van der Waals surface area contributed by atoms with Crippen LogP contribution in [-0.2, 0) is 18.7 Å². The molecule has 3 rings (SSSR count). The van der Waals surface area contributed by atoms with E-state index in [0.717, 1.165) is 19.3 Å². The number of carbonyl (C=O) groups is 1. The SMILES string of the molecule is CC1(CCC2(O)C(=O)CC[C@]3(C)[C@@H](O[Si](C)(C)C(C)(C)C)CC[C@@H]23)OCCO1. The Morgan fingerprint density at radius 2 is 1.75 bits per heavy atom. The molecular formula is C22H40O5Si. The van der Waals surface area contributed by atoms with E-state index in [9.17, 15) is 9.90 Å². The van der Waals surface area contributed by atoms with Gasteiger partial charge in [0.05, 0.1) is 19.3 Å². The van der Waals surface area contributed by atoms with Crippen LogP contribution in [0.5, 0.6) is 0 Å². The first-order valence-electron chi connectivity index (χ1n) is 10.9. The molecule has 6 heteroatoms. The Bertz CT molecular complexity index is 607. The predicted octanol–water partition coefficient (Wildman–Crippen LogP) is 4.43. The first-order valence-corrected chi connectivity index (χ1v) is 13.9. The molecular weight excluding hydrogens is 372 g/mol. The van der Waals surface area contributed by atoms with Gasteiger partial charge in [-0.2, -0.15) is 0 Å². The molecule has 2 saturated carbocycles. The molecule has 0 spiro atoms. The third-order valence-electron chi connectivity index (χ3n) is 8.30. The van der Waals surface area contributed by atoms with Gasteiger partial charge in [0, 0.05) is 18.8 Å². The minimum atomic E-state index is -1.91. The Kier molecular flexibility index (Phi) is 5.73. The van der Waals surface area contributed by atoms with Crippen molar-refractivity contribution >= 4 is 14.1 Å². The number of hydrogen-bond acceptors (Lipinski definition) is 5. The maximum atomic E-state index is 12.9. The summed E-state index contributed by atoms with van der Waals surface area (Å²) in [6.07, 6.45) is 4.06. The van der Waals surface area contributed by atoms with Crippen LogP contribution in [0, 0.1) is 11.3 Å². The highest BCUT2D eigenvalue weighted by atomic mass is 28.4. The highest BCUT2D eigenvalue weighted by molar-refractivity contribution is 6.74. The molecule has 0 aromatic rings.